The van der Waals surface area contributed by atoms with E-state index in [0.717, 1.165) is 40.0 Å². The lowest BCUT2D eigenvalue weighted by Gasteiger charge is -2.11. The van der Waals surface area contributed by atoms with Gasteiger partial charge in [-0.05, 0) is 54.4 Å². The molecule has 3 heterocycles. The van der Waals surface area contributed by atoms with Crippen LogP contribution in [0.5, 0.6) is 5.75 Å². The van der Waals surface area contributed by atoms with Crippen LogP contribution in [-0.2, 0) is 17.8 Å². The average molecular weight is 400 g/mol. The number of fused-ring (bicyclic) bond motifs is 1. The Hall–Kier alpha value is -3.67. The summed E-state index contributed by atoms with van der Waals surface area (Å²) in [5, 5.41) is 4.07. The molecule has 1 aromatic carbocycles. The van der Waals surface area contributed by atoms with E-state index in [2.05, 4.69) is 25.9 Å². The largest absolute Gasteiger partial charge is 0.497 e. The van der Waals surface area contributed by atoms with Crippen LogP contribution in [0.4, 0.5) is 0 Å². The topological polar surface area (TPSA) is 69.0 Å². The van der Waals surface area contributed by atoms with Gasteiger partial charge in [0.1, 0.15) is 11.4 Å². The second kappa shape index (κ2) is 9.22. The van der Waals surface area contributed by atoms with E-state index in [1.54, 1.807) is 25.7 Å². The third-order valence-electron chi connectivity index (χ3n) is 5.06. The highest BCUT2D eigenvalue weighted by Crippen LogP contribution is 2.27. The lowest BCUT2D eigenvalue weighted by atomic mass is 10.1. The normalized spacial score (nSPS) is 10.8. The van der Waals surface area contributed by atoms with Gasteiger partial charge in [0.25, 0.3) is 0 Å². The molecule has 1 amide bonds. The van der Waals surface area contributed by atoms with Gasteiger partial charge in [0.15, 0.2) is 0 Å². The van der Waals surface area contributed by atoms with Crippen LogP contribution < -0.4 is 10.1 Å². The van der Waals surface area contributed by atoms with Gasteiger partial charge in [0.2, 0.25) is 5.91 Å². The zero-order valence-corrected chi connectivity index (χ0v) is 16.9. The predicted molar refractivity (Wildman–Crippen MR) is 117 cm³/mol. The van der Waals surface area contributed by atoms with Crippen molar-refractivity contribution >= 4 is 16.9 Å². The Bertz CT molecular complexity index is 1140. The molecular weight excluding hydrogens is 376 g/mol. The molecular formula is C24H24N4O2. The fourth-order valence-electron chi connectivity index (χ4n) is 3.55. The summed E-state index contributed by atoms with van der Waals surface area (Å²) in [6, 6.07) is 17.9. The maximum Gasteiger partial charge on any atom is 0.221 e. The van der Waals surface area contributed by atoms with Gasteiger partial charge in [-0.1, -0.05) is 12.1 Å². The number of carbonyl (C=O) groups is 1. The first kappa shape index (κ1) is 19.6. The van der Waals surface area contributed by atoms with Gasteiger partial charge in [-0.15, -0.1) is 0 Å². The zero-order valence-electron chi connectivity index (χ0n) is 16.9. The van der Waals surface area contributed by atoms with E-state index in [1.165, 1.54) is 0 Å². The lowest BCUT2D eigenvalue weighted by Crippen LogP contribution is -2.26. The number of aromatic nitrogens is 3. The summed E-state index contributed by atoms with van der Waals surface area (Å²) in [6.45, 7) is 1.15. The number of carbonyl (C=O) groups excluding carboxylic acids is 1. The Kier molecular flexibility index (Phi) is 6.03. The van der Waals surface area contributed by atoms with Crippen molar-refractivity contribution in [1.82, 2.24) is 19.9 Å². The fraction of sp³-hybridized carbons (Fsp3) is 0.208. The van der Waals surface area contributed by atoms with E-state index < -0.39 is 0 Å². The van der Waals surface area contributed by atoms with Crippen molar-refractivity contribution in [1.29, 1.82) is 0 Å². The number of benzene rings is 1. The molecule has 0 saturated carbocycles. The molecule has 0 fully saturated rings. The fourth-order valence-corrected chi connectivity index (χ4v) is 3.55. The Labute approximate surface area is 175 Å². The van der Waals surface area contributed by atoms with E-state index in [0.29, 0.717) is 19.5 Å². The molecule has 4 aromatic rings. The lowest BCUT2D eigenvalue weighted by molar-refractivity contribution is -0.121. The summed E-state index contributed by atoms with van der Waals surface area (Å²) in [4.78, 5) is 21.1. The summed E-state index contributed by atoms with van der Waals surface area (Å²) in [5.41, 5.74) is 4.11. The Balaban J connectivity index is 1.41. The Morgan fingerprint density at radius 3 is 2.77 bits per heavy atom. The highest BCUT2D eigenvalue weighted by molar-refractivity contribution is 5.84. The van der Waals surface area contributed by atoms with Crippen molar-refractivity contribution in [3.8, 4) is 17.0 Å². The molecule has 0 spiro atoms. The van der Waals surface area contributed by atoms with Crippen LogP contribution in [0.3, 0.4) is 0 Å². The van der Waals surface area contributed by atoms with Crippen molar-refractivity contribution in [3.05, 3.63) is 78.8 Å². The first-order valence-electron chi connectivity index (χ1n) is 9.99. The van der Waals surface area contributed by atoms with Gasteiger partial charge in [0.05, 0.1) is 12.8 Å². The van der Waals surface area contributed by atoms with E-state index >= 15 is 0 Å². The second-order valence-corrected chi connectivity index (χ2v) is 7.03. The average Bonchev–Trinajstić information content (AvgIpc) is 3.17. The number of nitrogens with zero attached hydrogens (tertiary/aromatic N) is 3. The molecule has 6 nitrogen and oxygen atoms in total. The van der Waals surface area contributed by atoms with Crippen LogP contribution in [0.25, 0.3) is 22.3 Å². The summed E-state index contributed by atoms with van der Waals surface area (Å²) in [6.07, 6.45) is 6.48. The smallest absolute Gasteiger partial charge is 0.221 e. The number of amides is 1. The standard InChI is InChI=1S/C24H24N4O2/c1-30-21-6-2-4-18(16-21)7-14-26-23(29)10-15-28-22(19-8-12-25-13-9-19)17-20-5-3-11-27-24(20)28/h2-6,8-9,11-13,16-17H,7,10,14-15H2,1H3,(H,26,29). The molecule has 0 bridgehead atoms. The van der Waals surface area contributed by atoms with Crippen molar-refractivity contribution in [3.63, 3.8) is 0 Å². The highest BCUT2D eigenvalue weighted by atomic mass is 16.5. The van der Waals surface area contributed by atoms with Crippen LogP contribution in [0.15, 0.2) is 73.2 Å². The molecule has 4 rings (SSSR count). The molecule has 0 aliphatic heterocycles. The number of methoxy groups -OCH3 is 1. The maximum absolute atomic E-state index is 12.5. The van der Waals surface area contributed by atoms with Gasteiger partial charge in [-0.25, -0.2) is 4.98 Å². The van der Waals surface area contributed by atoms with Gasteiger partial charge < -0.3 is 14.6 Å². The van der Waals surface area contributed by atoms with Gasteiger partial charge in [-0.2, -0.15) is 0 Å². The summed E-state index contributed by atoms with van der Waals surface area (Å²) >= 11 is 0. The van der Waals surface area contributed by atoms with E-state index in [1.807, 2.05) is 48.5 Å². The van der Waals surface area contributed by atoms with Crippen LogP contribution >= 0.6 is 0 Å². The van der Waals surface area contributed by atoms with Crippen molar-refractivity contribution in [2.24, 2.45) is 0 Å². The minimum atomic E-state index is 0.0244. The number of hydrogen-bond donors (Lipinski definition) is 1. The van der Waals surface area contributed by atoms with Crippen molar-refractivity contribution < 1.29 is 9.53 Å². The van der Waals surface area contributed by atoms with Gasteiger partial charge >= 0.3 is 0 Å². The number of ether oxygens (including phenoxy) is 1. The van der Waals surface area contributed by atoms with Gasteiger partial charge in [0, 0.05) is 49.1 Å². The van der Waals surface area contributed by atoms with Crippen LogP contribution in [0, 0.1) is 0 Å². The van der Waals surface area contributed by atoms with E-state index in [4.69, 9.17) is 4.74 Å². The number of hydrogen-bond acceptors (Lipinski definition) is 4. The minimum Gasteiger partial charge on any atom is -0.497 e. The molecule has 0 aliphatic carbocycles. The van der Waals surface area contributed by atoms with E-state index in [9.17, 15) is 4.79 Å². The molecule has 30 heavy (non-hydrogen) atoms. The van der Waals surface area contributed by atoms with Crippen molar-refractivity contribution in [2.75, 3.05) is 13.7 Å². The molecule has 0 aliphatic rings. The molecule has 0 unspecified atom stereocenters. The summed E-state index contributed by atoms with van der Waals surface area (Å²) < 4.78 is 7.35. The SMILES string of the molecule is COc1cccc(CCNC(=O)CCn2c(-c3ccncc3)cc3cccnc32)c1. The highest BCUT2D eigenvalue weighted by Gasteiger charge is 2.13. The second-order valence-electron chi connectivity index (χ2n) is 7.03. The van der Waals surface area contributed by atoms with E-state index in [-0.39, 0.29) is 5.91 Å². The third-order valence-corrected chi connectivity index (χ3v) is 5.06. The minimum absolute atomic E-state index is 0.0244. The predicted octanol–water partition coefficient (Wildman–Crippen LogP) is 3.86. The molecule has 3 aromatic heterocycles. The number of pyridine rings is 2. The Morgan fingerprint density at radius 2 is 1.93 bits per heavy atom. The third kappa shape index (κ3) is 4.49. The molecule has 0 radical (unpaired) electrons. The number of nitrogens with one attached hydrogen (secondary N) is 1. The molecule has 0 saturated heterocycles. The number of aryl methyl sites for hydroxylation is 1. The summed E-state index contributed by atoms with van der Waals surface area (Å²) in [7, 11) is 1.65. The Morgan fingerprint density at radius 1 is 1.07 bits per heavy atom. The van der Waals surface area contributed by atoms with Gasteiger partial charge in [-0.3, -0.25) is 9.78 Å². The molecule has 0 atom stereocenters. The maximum atomic E-state index is 12.5. The first-order chi connectivity index (χ1) is 14.7. The zero-order chi connectivity index (χ0) is 20.8. The van der Waals surface area contributed by atoms with Crippen LogP contribution in [0.1, 0.15) is 12.0 Å². The first-order valence-corrected chi connectivity index (χ1v) is 9.99. The monoisotopic (exact) mass is 400 g/mol. The molecule has 1 N–H and O–H groups in total. The molecule has 152 valence electrons. The summed E-state index contributed by atoms with van der Waals surface area (Å²) in [5.74, 6) is 0.853. The van der Waals surface area contributed by atoms with Crippen LogP contribution in [-0.4, -0.2) is 34.1 Å². The van der Waals surface area contributed by atoms with Crippen molar-refractivity contribution in [2.45, 2.75) is 19.4 Å². The van der Waals surface area contributed by atoms with Crippen LogP contribution in [0.2, 0.25) is 0 Å². The quantitative estimate of drug-likeness (QED) is 0.488. The molecule has 6 heteroatoms. The number of rotatable bonds is 8.